The van der Waals surface area contributed by atoms with Crippen molar-refractivity contribution in [3.63, 3.8) is 0 Å². The van der Waals surface area contributed by atoms with Crippen LogP contribution >= 0.6 is 0 Å². The number of anilines is 1. The number of nitrogens with zero attached hydrogens (tertiary/aromatic N) is 4. The summed E-state index contributed by atoms with van der Waals surface area (Å²) < 4.78 is 32.2. The van der Waals surface area contributed by atoms with Gasteiger partial charge in [0.25, 0.3) is 10.0 Å². The van der Waals surface area contributed by atoms with Crippen LogP contribution in [0.15, 0.2) is 65.7 Å². The molecule has 0 N–H and O–H groups in total. The van der Waals surface area contributed by atoms with Crippen LogP contribution in [0.4, 0.5) is 5.82 Å². The summed E-state index contributed by atoms with van der Waals surface area (Å²) in [5, 5.41) is 8.82. The number of nitriles is 1. The van der Waals surface area contributed by atoms with Crippen molar-refractivity contribution < 1.29 is 13.2 Å². The molecule has 0 aliphatic carbocycles. The van der Waals surface area contributed by atoms with Gasteiger partial charge in [-0.15, -0.1) is 0 Å². The van der Waals surface area contributed by atoms with Gasteiger partial charge in [0, 0.05) is 12.3 Å². The van der Waals surface area contributed by atoms with Crippen LogP contribution in [0.2, 0.25) is 0 Å². The van der Waals surface area contributed by atoms with Gasteiger partial charge in [-0.1, -0.05) is 18.2 Å². The molecule has 0 spiro atoms. The molecule has 2 aromatic carbocycles. The molecule has 1 aromatic heterocycles. The highest BCUT2D eigenvalue weighted by atomic mass is 32.2. The van der Waals surface area contributed by atoms with E-state index >= 15 is 0 Å². The third kappa shape index (κ3) is 2.74. The summed E-state index contributed by atoms with van der Waals surface area (Å²) in [5.74, 6) is 0.688. The largest absolute Gasteiger partial charge is 0.424 e. The van der Waals surface area contributed by atoms with E-state index in [1.54, 1.807) is 48.5 Å². The van der Waals surface area contributed by atoms with E-state index in [1.807, 2.05) is 6.07 Å². The number of hydrogen-bond acceptors (Lipinski definition) is 6. The molecular formula is C18H12N4O3S. The number of aromatic nitrogens is 2. The van der Waals surface area contributed by atoms with Crippen molar-refractivity contribution in [1.82, 2.24) is 9.97 Å². The molecule has 1 aliphatic rings. The molecule has 8 heteroatoms. The quantitative estimate of drug-likeness (QED) is 0.709. The second-order valence-corrected chi connectivity index (χ2v) is 7.39. The number of sulfonamides is 1. The molecule has 0 atom stereocenters. The lowest BCUT2D eigenvalue weighted by Gasteiger charge is -2.16. The average Bonchev–Trinajstić information content (AvgIpc) is 2.94. The van der Waals surface area contributed by atoms with Crippen LogP contribution in [-0.2, 0) is 16.6 Å². The number of benzene rings is 2. The zero-order chi connectivity index (χ0) is 18.1. The van der Waals surface area contributed by atoms with Crippen molar-refractivity contribution in [1.29, 1.82) is 5.26 Å². The van der Waals surface area contributed by atoms with E-state index in [-0.39, 0.29) is 23.3 Å². The highest BCUT2D eigenvalue weighted by Gasteiger charge is 2.35. The minimum Gasteiger partial charge on any atom is -0.424 e. The number of fused-ring (bicyclic) bond motifs is 1. The van der Waals surface area contributed by atoms with Gasteiger partial charge in [-0.25, -0.2) is 17.7 Å². The minimum atomic E-state index is -3.65. The first-order chi connectivity index (χ1) is 12.6. The summed E-state index contributed by atoms with van der Waals surface area (Å²) in [5.41, 5.74) is 1.23. The smallest absolute Gasteiger partial charge is 0.323 e. The number of hydrogen-bond donors (Lipinski definition) is 0. The Labute approximate surface area is 150 Å². The fourth-order valence-electron chi connectivity index (χ4n) is 2.67. The predicted molar refractivity (Wildman–Crippen MR) is 93.1 cm³/mol. The molecule has 26 heavy (non-hydrogen) atoms. The van der Waals surface area contributed by atoms with E-state index in [0.29, 0.717) is 11.3 Å². The van der Waals surface area contributed by atoms with Crippen molar-refractivity contribution in [2.45, 2.75) is 11.4 Å². The Balaban J connectivity index is 1.63. The third-order valence-corrected chi connectivity index (χ3v) is 5.77. The fourth-order valence-corrected chi connectivity index (χ4v) is 4.28. The summed E-state index contributed by atoms with van der Waals surface area (Å²) >= 11 is 0. The van der Waals surface area contributed by atoms with Gasteiger partial charge in [0.1, 0.15) is 11.6 Å². The maximum atomic E-state index is 12.7. The summed E-state index contributed by atoms with van der Waals surface area (Å²) in [6.07, 6.45) is 1.44. The van der Waals surface area contributed by atoms with Crippen LogP contribution < -0.4 is 9.04 Å². The zero-order valence-corrected chi connectivity index (χ0v) is 14.2. The Kier molecular flexibility index (Phi) is 3.78. The molecule has 0 radical (unpaired) electrons. The Morgan fingerprint density at radius 1 is 1.08 bits per heavy atom. The molecular weight excluding hydrogens is 352 g/mol. The van der Waals surface area contributed by atoms with Crippen molar-refractivity contribution in [2.24, 2.45) is 0 Å². The number of rotatable bonds is 3. The van der Waals surface area contributed by atoms with Crippen molar-refractivity contribution in [2.75, 3.05) is 4.31 Å². The monoisotopic (exact) mass is 364 g/mol. The average molecular weight is 364 g/mol. The molecule has 2 heterocycles. The summed E-state index contributed by atoms with van der Waals surface area (Å²) in [6.45, 7) is 0.214. The second-order valence-electron chi connectivity index (χ2n) is 5.56. The lowest BCUT2D eigenvalue weighted by atomic mass is 10.2. The van der Waals surface area contributed by atoms with Gasteiger partial charge in [-0.3, -0.25) is 0 Å². The van der Waals surface area contributed by atoms with Crippen LogP contribution in [0.3, 0.4) is 0 Å². The maximum absolute atomic E-state index is 12.7. The standard InChI is InChI=1S/C18H12N4O3S/c19-11-13-5-7-15(8-6-13)25-18-20-10-9-17(21-18)22-12-14-3-1-2-4-16(14)26(22,23)24/h1-10H,12H2. The molecule has 0 bridgehead atoms. The van der Waals surface area contributed by atoms with E-state index in [9.17, 15) is 8.42 Å². The van der Waals surface area contributed by atoms with E-state index in [0.717, 1.165) is 5.56 Å². The molecule has 128 valence electrons. The normalized spacial score (nSPS) is 14.5. The number of ether oxygens (including phenoxy) is 1. The van der Waals surface area contributed by atoms with Crippen LogP contribution in [0.5, 0.6) is 11.8 Å². The molecule has 3 aromatic rings. The molecule has 0 fully saturated rings. The summed E-state index contributed by atoms with van der Waals surface area (Å²) in [6, 6.07) is 16.9. The topological polar surface area (TPSA) is 96.2 Å². The lowest BCUT2D eigenvalue weighted by molar-refractivity contribution is 0.442. The summed E-state index contributed by atoms with van der Waals surface area (Å²) in [7, 11) is -3.65. The van der Waals surface area contributed by atoms with E-state index in [1.165, 1.54) is 16.6 Å². The fraction of sp³-hybridized carbons (Fsp3) is 0.0556. The van der Waals surface area contributed by atoms with E-state index in [2.05, 4.69) is 9.97 Å². The molecule has 7 nitrogen and oxygen atoms in total. The van der Waals surface area contributed by atoms with Crippen molar-refractivity contribution in [3.8, 4) is 17.8 Å². The molecule has 0 unspecified atom stereocenters. The maximum Gasteiger partial charge on any atom is 0.323 e. The molecule has 0 saturated carbocycles. The Morgan fingerprint density at radius 3 is 2.58 bits per heavy atom. The summed E-state index contributed by atoms with van der Waals surface area (Å²) in [4.78, 5) is 8.53. The first-order valence-corrected chi connectivity index (χ1v) is 9.14. The lowest BCUT2D eigenvalue weighted by Crippen LogP contribution is -2.24. The van der Waals surface area contributed by atoms with Gasteiger partial charge < -0.3 is 4.74 Å². The van der Waals surface area contributed by atoms with Crippen molar-refractivity contribution >= 4 is 15.8 Å². The molecule has 0 amide bonds. The first-order valence-electron chi connectivity index (χ1n) is 7.70. The van der Waals surface area contributed by atoms with Crippen LogP contribution in [0.1, 0.15) is 11.1 Å². The second kappa shape index (κ2) is 6.13. The zero-order valence-electron chi connectivity index (χ0n) is 13.4. The Hall–Kier alpha value is -3.44. The SMILES string of the molecule is N#Cc1ccc(Oc2nccc(N3Cc4ccccc4S3(=O)=O)n2)cc1. The van der Waals surface area contributed by atoms with Crippen molar-refractivity contribution in [3.05, 3.63) is 71.9 Å². The predicted octanol–water partition coefficient (Wildman–Crippen LogP) is 2.85. The molecule has 0 saturated heterocycles. The van der Waals surface area contributed by atoms with Gasteiger partial charge in [-0.05, 0) is 35.9 Å². The third-order valence-electron chi connectivity index (χ3n) is 3.92. The first kappa shape index (κ1) is 16.1. The van der Waals surface area contributed by atoms with Crippen LogP contribution in [0, 0.1) is 11.3 Å². The Bertz CT molecular complexity index is 1120. The van der Waals surface area contributed by atoms with Gasteiger partial charge in [0.2, 0.25) is 0 Å². The van der Waals surface area contributed by atoms with Crippen LogP contribution in [0.25, 0.3) is 0 Å². The van der Waals surface area contributed by atoms with E-state index < -0.39 is 10.0 Å². The highest BCUT2D eigenvalue weighted by Crippen LogP contribution is 2.34. The van der Waals surface area contributed by atoms with Gasteiger partial charge in [0.05, 0.1) is 23.1 Å². The molecule has 4 rings (SSSR count). The van der Waals surface area contributed by atoms with Gasteiger partial charge in [-0.2, -0.15) is 10.2 Å². The Morgan fingerprint density at radius 2 is 1.85 bits per heavy atom. The highest BCUT2D eigenvalue weighted by molar-refractivity contribution is 7.93. The van der Waals surface area contributed by atoms with E-state index in [4.69, 9.17) is 10.00 Å². The molecule has 1 aliphatic heterocycles. The minimum absolute atomic E-state index is 0.0263. The van der Waals surface area contributed by atoms with Gasteiger partial charge >= 0.3 is 6.01 Å². The van der Waals surface area contributed by atoms with Crippen LogP contribution in [-0.4, -0.2) is 18.4 Å². The van der Waals surface area contributed by atoms with Gasteiger partial charge in [0.15, 0.2) is 0 Å².